The number of fused-ring (bicyclic) bond motifs is 1. The van der Waals surface area contributed by atoms with E-state index in [-0.39, 0.29) is 17.7 Å². The first kappa shape index (κ1) is 20.6. The molecule has 0 spiro atoms. The van der Waals surface area contributed by atoms with Crippen LogP contribution in [0.2, 0.25) is 0 Å². The third kappa shape index (κ3) is 3.65. The van der Waals surface area contributed by atoms with Crippen molar-refractivity contribution in [2.75, 3.05) is 24.9 Å². The van der Waals surface area contributed by atoms with Crippen molar-refractivity contribution >= 4 is 28.5 Å². The number of rotatable bonds is 4. The van der Waals surface area contributed by atoms with Crippen LogP contribution in [-0.4, -0.2) is 20.0 Å². The number of allylic oxidation sites excluding steroid dienone is 1. The van der Waals surface area contributed by atoms with E-state index in [4.69, 9.17) is 9.47 Å². The predicted molar refractivity (Wildman–Crippen MR) is 129 cm³/mol. The summed E-state index contributed by atoms with van der Waals surface area (Å²) in [6, 6.07) is 18.2. The van der Waals surface area contributed by atoms with Crippen LogP contribution in [0.15, 0.2) is 65.9 Å². The minimum absolute atomic E-state index is 0.0736. The number of carbonyl (C=O) groups is 1. The molecular formula is C26H26N2O3S. The number of ketones is 1. The van der Waals surface area contributed by atoms with Gasteiger partial charge in [-0.2, -0.15) is 0 Å². The summed E-state index contributed by atoms with van der Waals surface area (Å²) in [5.74, 6) is 1.63. The molecule has 164 valence electrons. The van der Waals surface area contributed by atoms with E-state index >= 15 is 0 Å². The second-order valence-corrected chi connectivity index (χ2v) is 9.55. The van der Waals surface area contributed by atoms with E-state index in [0.717, 1.165) is 39.5 Å². The highest BCUT2D eigenvalue weighted by atomic mass is 32.1. The standard InChI is InChI=1S/C26H26N2O3S/c1-15-8-11-24(32-15)26-25-20(27-18-6-4-5-7-19(18)28-26)12-17(13-21(25)29)16-9-10-22(30-2)23(14-16)31-3/h4-11,14,17,26-28H,12-13H2,1-3H3/t17-,26-/m1/s1. The number of hydrogen-bond donors (Lipinski definition) is 2. The zero-order valence-corrected chi connectivity index (χ0v) is 19.2. The second-order valence-electron chi connectivity index (χ2n) is 8.23. The molecular weight excluding hydrogens is 420 g/mol. The number of para-hydroxylation sites is 2. The number of methoxy groups -OCH3 is 2. The number of ether oxygens (including phenoxy) is 2. The van der Waals surface area contributed by atoms with Crippen molar-refractivity contribution in [1.29, 1.82) is 0 Å². The van der Waals surface area contributed by atoms with Crippen molar-refractivity contribution in [1.82, 2.24) is 0 Å². The van der Waals surface area contributed by atoms with Crippen molar-refractivity contribution in [2.24, 2.45) is 0 Å². The molecule has 1 aliphatic carbocycles. The van der Waals surface area contributed by atoms with Gasteiger partial charge in [-0.15, -0.1) is 11.3 Å². The molecule has 1 aliphatic heterocycles. The number of benzene rings is 2. The van der Waals surface area contributed by atoms with E-state index < -0.39 is 0 Å². The molecule has 0 amide bonds. The molecule has 2 heterocycles. The highest BCUT2D eigenvalue weighted by Gasteiger charge is 2.36. The van der Waals surface area contributed by atoms with Gasteiger partial charge in [-0.1, -0.05) is 18.2 Å². The lowest BCUT2D eigenvalue weighted by molar-refractivity contribution is -0.116. The third-order valence-electron chi connectivity index (χ3n) is 6.23. The fourth-order valence-corrected chi connectivity index (χ4v) is 5.60. The quantitative estimate of drug-likeness (QED) is 0.511. The summed E-state index contributed by atoms with van der Waals surface area (Å²) in [7, 11) is 3.27. The molecule has 3 aromatic rings. The molecule has 2 aromatic carbocycles. The average molecular weight is 447 g/mol. The molecule has 6 heteroatoms. The van der Waals surface area contributed by atoms with Gasteiger partial charge < -0.3 is 20.1 Å². The van der Waals surface area contributed by atoms with Gasteiger partial charge in [0.05, 0.1) is 31.6 Å². The van der Waals surface area contributed by atoms with Gasteiger partial charge >= 0.3 is 0 Å². The Morgan fingerprint density at radius 2 is 1.72 bits per heavy atom. The first-order chi connectivity index (χ1) is 15.6. The van der Waals surface area contributed by atoms with Crippen molar-refractivity contribution < 1.29 is 14.3 Å². The smallest absolute Gasteiger partial charge is 0.163 e. The van der Waals surface area contributed by atoms with Crippen LogP contribution in [0.4, 0.5) is 11.4 Å². The van der Waals surface area contributed by atoms with E-state index in [1.54, 1.807) is 25.6 Å². The SMILES string of the molecule is COc1ccc([C@H]2CC(=O)C3=C(C2)Nc2ccccc2N[C@@H]3c2ccc(C)s2)cc1OC. The van der Waals surface area contributed by atoms with E-state index in [1.165, 1.54) is 4.88 Å². The maximum absolute atomic E-state index is 13.6. The Morgan fingerprint density at radius 1 is 0.938 bits per heavy atom. The first-order valence-corrected chi connectivity index (χ1v) is 11.6. The van der Waals surface area contributed by atoms with Crippen molar-refractivity contribution in [3.05, 3.63) is 81.2 Å². The monoisotopic (exact) mass is 446 g/mol. The Bertz CT molecular complexity index is 1210. The molecule has 0 saturated heterocycles. The fourth-order valence-electron chi connectivity index (χ4n) is 4.66. The number of anilines is 2. The predicted octanol–water partition coefficient (Wildman–Crippen LogP) is 6.05. The molecule has 0 bridgehead atoms. The Labute approximate surface area is 192 Å². The van der Waals surface area contributed by atoms with Gasteiger partial charge in [0.2, 0.25) is 0 Å². The molecule has 32 heavy (non-hydrogen) atoms. The largest absolute Gasteiger partial charge is 0.493 e. The molecule has 0 fully saturated rings. The minimum Gasteiger partial charge on any atom is -0.493 e. The maximum Gasteiger partial charge on any atom is 0.163 e. The van der Waals surface area contributed by atoms with Crippen molar-refractivity contribution in [3.8, 4) is 11.5 Å². The van der Waals surface area contributed by atoms with Crippen molar-refractivity contribution in [3.63, 3.8) is 0 Å². The molecule has 0 saturated carbocycles. The van der Waals surface area contributed by atoms with Gasteiger partial charge in [-0.05, 0) is 61.2 Å². The van der Waals surface area contributed by atoms with Gasteiger partial charge in [0, 0.05) is 27.4 Å². The summed E-state index contributed by atoms with van der Waals surface area (Å²) in [5.41, 5.74) is 4.93. The Balaban J connectivity index is 1.57. The van der Waals surface area contributed by atoms with Crippen LogP contribution < -0.4 is 20.1 Å². The van der Waals surface area contributed by atoms with Crippen LogP contribution in [0.3, 0.4) is 0 Å². The summed E-state index contributed by atoms with van der Waals surface area (Å²) in [4.78, 5) is 16.0. The summed E-state index contributed by atoms with van der Waals surface area (Å²) in [6.07, 6.45) is 1.22. The van der Waals surface area contributed by atoms with Crippen LogP contribution in [0.5, 0.6) is 11.5 Å². The zero-order valence-electron chi connectivity index (χ0n) is 18.4. The molecule has 5 rings (SSSR count). The van der Waals surface area contributed by atoms with Gasteiger partial charge in [0.25, 0.3) is 0 Å². The lowest BCUT2D eigenvalue weighted by atomic mass is 9.79. The summed E-state index contributed by atoms with van der Waals surface area (Å²) in [6.45, 7) is 2.10. The van der Waals surface area contributed by atoms with Gasteiger partial charge in [0.15, 0.2) is 17.3 Å². The highest BCUT2D eigenvalue weighted by molar-refractivity contribution is 7.12. The van der Waals surface area contributed by atoms with Crippen LogP contribution in [0, 0.1) is 6.92 Å². The number of thiophene rings is 1. The number of aryl methyl sites for hydroxylation is 1. The fraction of sp³-hybridized carbons (Fsp3) is 0.269. The van der Waals surface area contributed by atoms with E-state index in [9.17, 15) is 4.79 Å². The number of carbonyl (C=O) groups excluding carboxylic acids is 1. The molecule has 0 radical (unpaired) electrons. The number of hydrogen-bond acceptors (Lipinski definition) is 6. The number of nitrogens with one attached hydrogen (secondary N) is 2. The molecule has 2 atom stereocenters. The Kier molecular flexibility index (Phi) is 5.39. The topological polar surface area (TPSA) is 59.6 Å². The van der Waals surface area contributed by atoms with Crippen LogP contribution in [0.1, 0.15) is 40.1 Å². The number of Topliss-reactive ketones (excluding diaryl/α,β-unsaturated/α-hetero) is 1. The molecule has 2 aliphatic rings. The lowest BCUT2D eigenvalue weighted by Crippen LogP contribution is -2.26. The van der Waals surface area contributed by atoms with Crippen LogP contribution >= 0.6 is 11.3 Å². The Hall–Kier alpha value is -3.25. The van der Waals surface area contributed by atoms with Gasteiger partial charge in [0.1, 0.15) is 0 Å². The molecule has 2 N–H and O–H groups in total. The average Bonchev–Trinajstić information content (AvgIpc) is 3.16. The minimum atomic E-state index is -0.154. The summed E-state index contributed by atoms with van der Waals surface area (Å²) >= 11 is 1.74. The summed E-state index contributed by atoms with van der Waals surface area (Å²) in [5, 5.41) is 7.23. The molecule has 0 unspecified atom stereocenters. The van der Waals surface area contributed by atoms with Crippen LogP contribution in [-0.2, 0) is 4.79 Å². The second kappa shape index (κ2) is 8.36. The summed E-state index contributed by atoms with van der Waals surface area (Å²) < 4.78 is 10.9. The molecule has 1 aromatic heterocycles. The maximum atomic E-state index is 13.6. The Morgan fingerprint density at radius 3 is 2.44 bits per heavy atom. The van der Waals surface area contributed by atoms with Crippen LogP contribution in [0.25, 0.3) is 0 Å². The third-order valence-corrected chi connectivity index (χ3v) is 7.30. The van der Waals surface area contributed by atoms with E-state index in [2.05, 4.69) is 41.8 Å². The highest BCUT2D eigenvalue weighted by Crippen LogP contribution is 2.46. The van der Waals surface area contributed by atoms with Gasteiger partial charge in [-0.3, -0.25) is 4.79 Å². The van der Waals surface area contributed by atoms with Crippen molar-refractivity contribution in [2.45, 2.75) is 31.7 Å². The normalized spacial score (nSPS) is 19.9. The first-order valence-electron chi connectivity index (χ1n) is 10.7. The lowest BCUT2D eigenvalue weighted by Gasteiger charge is -2.29. The van der Waals surface area contributed by atoms with Gasteiger partial charge in [-0.25, -0.2) is 0 Å². The van der Waals surface area contributed by atoms with E-state index in [1.807, 2.05) is 30.3 Å². The van der Waals surface area contributed by atoms with E-state index in [0.29, 0.717) is 17.9 Å². The zero-order chi connectivity index (χ0) is 22.2. The molecule has 5 nitrogen and oxygen atoms in total.